The highest BCUT2D eigenvalue weighted by molar-refractivity contribution is 5.12. The van der Waals surface area contributed by atoms with Crippen LogP contribution < -0.4 is 11.5 Å². The first-order valence-corrected chi connectivity index (χ1v) is 10.4. The van der Waals surface area contributed by atoms with Gasteiger partial charge in [-0.3, -0.25) is 0 Å². The van der Waals surface area contributed by atoms with Gasteiger partial charge < -0.3 is 11.5 Å². The molecule has 0 radical (unpaired) electrons. The van der Waals surface area contributed by atoms with E-state index in [0.29, 0.717) is 10.8 Å². The molecule has 0 heterocycles. The van der Waals surface area contributed by atoms with Crippen molar-refractivity contribution in [2.75, 3.05) is 0 Å². The van der Waals surface area contributed by atoms with Gasteiger partial charge in [0.1, 0.15) is 0 Å². The molecule has 0 aromatic heterocycles. The van der Waals surface area contributed by atoms with Crippen LogP contribution in [-0.4, -0.2) is 11.1 Å². The van der Waals surface area contributed by atoms with Crippen LogP contribution >= 0.6 is 0 Å². The zero-order chi connectivity index (χ0) is 17.2. The van der Waals surface area contributed by atoms with Crippen LogP contribution in [0.25, 0.3) is 0 Å². The lowest BCUT2D eigenvalue weighted by atomic mass is 9.47. The lowest BCUT2D eigenvalue weighted by molar-refractivity contribution is -0.0547. The van der Waals surface area contributed by atoms with Gasteiger partial charge in [-0.1, -0.05) is 53.4 Å². The van der Waals surface area contributed by atoms with Crippen LogP contribution in [-0.2, 0) is 0 Å². The summed E-state index contributed by atoms with van der Waals surface area (Å²) in [6.07, 6.45) is 16.3. The fourth-order valence-electron chi connectivity index (χ4n) is 6.42. The summed E-state index contributed by atoms with van der Waals surface area (Å²) in [6, 6.07) is 0. The fraction of sp³-hybridized carbons (Fsp3) is 1.00. The predicted octanol–water partition coefficient (Wildman–Crippen LogP) is 5.53. The van der Waals surface area contributed by atoms with E-state index in [9.17, 15) is 0 Å². The third kappa shape index (κ3) is 2.99. The molecule has 0 saturated heterocycles. The van der Waals surface area contributed by atoms with Gasteiger partial charge in [0, 0.05) is 11.1 Å². The standard InChI is InChI=1S/C21H42N2/c1-5-18(13-9-11-15-20(18,22)7-3)17-19(6-2)14-10-12-16-21(19,23)8-4/h5-17,22-23H2,1-4H3. The normalized spacial score (nSPS) is 45.1. The van der Waals surface area contributed by atoms with Crippen LogP contribution in [0.5, 0.6) is 0 Å². The molecule has 0 aliphatic heterocycles. The second-order valence-electron chi connectivity index (χ2n) is 8.88. The van der Waals surface area contributed by atoms with Crippen LogP contribution in [0.3, 0.4) is 0 Å². The van der Waals surface area contributed by atoms with E-state index in [2.05, 4.69) is 27.7 Å². The predicted molar refractivity (Wildman–Crippen MR) is 101 cm³/mol. The Morgan fingerprint density at radius 2 is 0.913 bits per heavy atom. The Balaban J connectivity index is 2.41. The summed E-state index contributed by atoms with van der Waals surface area (Å²) >= 11 is 0. The number of rotatable bonds is 6. The van der Waals surface area contributed by atoms with Crippen molar-refractivity contribution < 1.29 is 0 Å². The summed E-state index contributed by atoms with van der Waals surface area (Å²) in [6.45, 7) is 9.40. The maximum Gasteiger partial charge on any atom is 0.0208 e. The van der Waals surface area contributed by atoms with Gasteiger partial charge in [0.25, 0.3) is 0 Å². The van der Waals surface area contributed by atoms with Crippen molar-refractivity contribution in [2.24, 2.45) is 22.3 Å². The van der Waals surface area contributed by atoms with Crippen molar-refractivity contribution in [1.29, 1.82) is 0 Å². The van der Waals surface area contributed by atoms with Crippen molar-refractivity contribution in [3.63, 3.8) is 0 Å². The second-order valence-corrected chi connectivity index (χ2v) is 8.88. The van der Waals surface area contributed by atoms with E-state index in [1.54, 1.807) is 0 Å². The van der Waals surface area contributed by atoms with Gasteiger partial charge in [0.2, 0.25) is 0 Å². The summed E-state index contributed by atoms with van der Waals surface area (Å²) in [7, 11) is 0. The first-order valence-electron chi connectivity index (χ1n) is 10.4. The van der Waals surface area contributed by atoms with Gasteiger partial charge in [-0.05, 0) is 68.6 Å². The molecule has 0 spiro atoms. The molecule has 2 saturated carbocycles. The van der Waals surface area contributed by atoms with E-state index < -0.39 is 0 Å². The minimum Gasteiger partial charge on any atom is -0.325 e. The molecule has 136 valence electrons. The molecule has 4 unspecified atom stereocenters. The first-order chi connectivity index (χ1) is 10.9. The smallest absolute Gasteiger partial charge is 0.0208 e. The molecule has 2 nitrogen and oxygen atoms in total. The topological polar surface area (TPSA) is 52.0 Å². The highest BCUT2D eigenvalue weighted by Crippen LogP contribution is 2.59. The monoisotopic (exact) mass is 322 g/mol. The Bertz CT molecular complexity index is 359. The third-order valence-corrected chi connectivity index (χ3v) is 8.46. The maximum absolute atomic E-state index is 7.07. The van der Waals surface area contributed by atoms with E-state index in [0.717, 1.165) is 12.8 Å². The van der Waals surface area contributed by atoms with Gasteiger partial charge in [0.05, 0.1) is 0 Å². The molecule has 0 bridgehead atoms. The van der Waals surface area contributed by atoms with Gasteiger partial charge in [0.15, 0.2) is 0 Å². The van der Waals surface area contributed by atoms with Crippen LogP contribution in [0.4, 0.5) is 0 Å². The Labute approximate surface area is 145 Å². The van der Waals surface area contributed by atoms with Gasteiger partial charge in [-0.15, -0.1) is 0 Å². The van der Waals surface area contributed by atoms with Crippen molar-refractivity contribution in [3.8, 4) is 0 Å². The van der Waals surface area contributed by atoms with Gasteiger partial charge >= 0.3 is 0 Å². The minimum absolute atomic E-state index is 0.0221. The molecular weight excluding hydrogens is 280 g/mol. The molecule has 0 aromatic rings. The Hall–Kier alpha value is -0.0800. The van der Waals surface area contributed by atoms with E-state index in [1.165, 1.54) is 70.6 Å². The van der Waals surface area contributed by atoms with Crippen molar-refractivity contribution >= 4 is 0 Å². The zero-order valence-corrected chi connectivity index (χ0v) is 16.3. The van der Waals surface area contributed by atoms with E-state index >= 15 is 0 Å². The molecule has 4 N–H and O–H groups in total. The number of hydrogen-bond donors (Lipinski definition) is 2. The molecule has 2 fully saturated rings. The molecular formula is C21H42N2. The minimum atomic E-state index is 0.0221. The van der Waals surface area contributed by atoms with Crippen LogP contribution in [0.1, 0.15) is 111 Å². The second kappa shape index (κ2) is 7.04. The highest BCUT2D eigenvalue weighted by atomic mass is 14.9. The van der Waals surface area contributed by atoms with E-state index in [-0.39, 0.29) is 11.1 Å². The summed E-state index contributed by atoms with van der Waals surface area (Å²) in [5.74, 6) is 0. The average Bonchev–Trinajstić information content (AvgIpc) is 2.59. The van der Waals surface area contributed by atoms with Crippen LogP contribution in [0.2, 0.25) is 0 Å². The quantitative estimate of drug-likeness (QED) is 0.675. The summed E-state index contributed by atoms with van der Waals surface area (Å²) in [5, 5.41) is 0. The van der Waals surface area contributed by atoms with Crippen molar-refractivity contribution in [2.45, 2.75) is 122 Å². The van der Waals surface area contributed by atoms with Gasteiger partial charge in [-0.25, -0.2) is 0 Å². The maximum atomic E-state index is 7.07. The van der Waals surface area contributed by atoms with Crippen molar-refractivity contribution in [1.82, 2.24) is 0 Å². The van der Waals surface area contributed by atoms with Crippen LogP contribution in [0, 0.1) is 10.8 Å². The molecule has 0 aromatic carbocycles. The average molecular weight is 323 g/mol. The SMILES string of the molecule is CCC1(N)CCCCC1(CC)CC1(CC)CCCCC1(N)CC. The molecule has 2 aliphatic rings. The summed E-state index contributed by atoms with van der Waals surface area (Å²) in [5.41, 5.74) is 14.8. The van der Waals surface area contributed by atoms with Gasteiger partial charge in [-0.2, -0.15) is 0 Å². The third-order valence-electron chi connectivity index (χ3n) is 8.46. The zero-order valence-electron chi connectivity index (χ0n) is 16.3. The Morgan fingerprint density at radius 3 is 1.22 bits per heavy atom. The molecule has 2 rings (SSSR count). The summed E-state index contributed by atoms with van der Waals surface area (Å²) in [4.78, 5) is 0. The van der Waals surface area contributed by atoms with E-state index in [4.69, 9.17) is 11.5 Å². The first kappa shape index (κ1) is 19.2. The molecule has 2 heteroatoms. The Kier molecular flexibility index (Phi) is 5.89. The lowest BCUT2D eigenvalue weighted by Crippen LogP contribution is -2.63. The molecule has 2 aliphatic carbocycles. The van der Waals surface area contributed by atoms with Crippen molar-refractivity contribution in [3.05, 3.63) is 0 Å². The summed E-state index contributed by atoms with van der Waals surface area (Å²) < 4.78 is 0. The molecule has 23 heavy (non-hydrogen) atoms. The van der Waals surface area contributed by atoms with E-state index in [1.807, 2.05) is 0 Å². The highest BCUT2D eigenvalue weighted by Gasteiger charge is 2.56. The lowest BCUT2D eigenvalue weighted by Gasteiger charge is -2.60. The fourth-order valence-corrected chi connectivity index (χ4v) is 6.42. The molecule has 4 atom stereocenters. The number of hydrogen-bond acceptors (Lipinski definition) is 2. The Morgan fingerprint density at radius 1 is 0.565 bits per heavy atom. The molecule has 0 amide bonds. The van der Waals surface area contributed by atoms with Crippen LogP contribution in [0.15, 0.2) is 0 Å². The largest absolute Gasteiger partial charge is 0.325 e. The number of nitrogens with two attached hydrogens (primary N) is 2.